The maximum atomic E-state index is 9.53. The first-order valence-corrected chi connectivity index (χ1v) is 7.85. The van der Waals surface area contributed by atoms with Gasteiger partial charge in [-0.15, -0.1) is 0 Å². The molecular weight excluding hydrogens is 236 g/mol. The molecule has 1 aliphatic heterocycles. The Balaban J connectivity index is 1.92. The summed E-state index contributed by atoms with van der Waals surface area (Å²) in [6.07, 6.45) is 4.46. The topological polar surface area (TPSA) is 42.3 Å². The highest BCUT2D eigenvalue weighted by molar-refractivity contribution is 5.11. The minimum atomic E-state index is -0.264. The van der Waals surface area contributed by atoms with Crippen LogP contribution in [-0.2, 0) is 0 Å². The molecule has 0 bridgehead atoms. The van der Waals surface area contributed by atoms with E-state index in [4.69, 9.17) is 0 Å². The van der Waals surface area contributed by atoms with Gasteiger partial charge in [0.05, 0.1) is 6.07 Å². The van der Waals surface area contributed by atoms with Gasteiger partial charge in [0.2, 0.25) is 0 Å². The van der Waals surface area contributed by atoms with E-state index in [0.29, 0.717) is 6.04 Å². The van der Waals surface area contributed by atoms with Crippen LogP contribution in [0.4, 0.5) is 0 Å². The van der Waals surface area contributed by atoms with Gasteiger partial charge in [0.25, 0.3) is 0 Å². The van der Waals surface area contributed by atoms with E-state index in [2.05, 4.69) is 35.0 Å². The van der Waals surface area contributed by atoms with Crippen molar-refractivity contribution in [1.29, 1.82) is 5.26 Å². The molecule has 0 amide bonds. The molecule has 0 aromatic rings. The average molecular weight is 264 g/mol. The lowest BCUT2D eigenvalue weighted by atomic mass is 9.79. The molecule has 0 aromatic heterocycles. The van der Waals surface area contributed by atoms with Gasteiger partial charge in [-0.25, -0.2) is 0 Å². The number of piperazine rings is 1. The first-order chi connectivity index (χ1) is 9.23. The van der Waals surface area contributed by atoms with Crippen LogP contribution in [0.15, 0.2) is 0 Å². The van der Waals surface area contributed by atoms with Gasteiger partial charge in [-0.3, -0.25) is 10.2 Å². The number of nitrogens with zero attached hydrogens (tertiary/aromatic N) is 3. The fourth-order valence-corrected chi connectivity index (χ4v) is 3.64. The predicted octanol–water partition coefficient (Wildman–Crippen LogP) is 1.44. The second-order valence-electron chi connectivity index (χ2n) is 5.94. The van der Waals surface area contributed by atoms with E-state index in [-0.39, 0.29) is 5.54 Å². The maximum Gasteiger partial charge on any atom is 0.108 e. The Hall–Kier alpha value is -0.630. The van der Waals surface area contributed by atoms with Gasteiger partial charge in [0.15, 0.2) is 0 Å². The van der Waals surface area contributed by atoms with Crippen LogP contribution in [0.5, 0.6) is 0 Å². The van der Waals surface area contributed by atoms with Gasteiger partial charge in [-0.05, 0) is 38.8 Å². The molecule has 1 saturated heterocycles. The molecule has 2 fully saturated rings. The van der Waals surface area contributed by atoms with Gasteiger partial charge in [-0.1, -0.05) is 13.8 Å². The summed E-state index contributed by atoms with van der Waals surface area (Å²) in [5, 5.41) is 13.0. The number of nitriles is 1. The molecule has 2 rings (SSSR count). The Morgan fingerprint density at radius 2 is 2.00 bits per heavy atom. The van der Waals surface area contributed by atoms with E-state index in [1.54, 1.807) is 0 Å². The summed E-state index contributed by atoms with van der Waals surface area (Å²) in [5.41, 5.74) is -0.264. The van der Waals surface area contributed by atoms with Gasteiger partial charge in [-0.2, -0.15) is 5.26 Å². The summed E-state index contributed by atoms with van der Waals surface area (Å²) in [6, 6.07) is 3.16. The van der Waals surface area contributed by atoms with Crippen LogP contribution in [0.25, 0.3) is 0 Å². The molecule has 1 N–H and O–H groups in total. The van der Waals surface area contributed by atoms with Gasteiger partial charge >= 0.3 is 0 Å². The van der Waals surface area contributed by atoms with Crippen LogP contribution >= 0.6 is 0 Å². The first kappa shape index (κ1) is 14.8. The third-order valence-electron chi connectivity index (χ3n) is 4.82. The van der Waals surface area contributed by atoms with Crippen molar-refractivity contribution in [3.8, 4) is 6.07 Å². The molecule has 4 nitrogen and oxygen atoms in total. The van der Waals surface area contributed by atoms with Crippen LogP contribution in [-0.4, -0.2) is 60.6 Å². The van der Waals surface area contributed by atoms with Crippen LogP contribution in [0.3, 0.4) is 0 Å². The molecule has 1 saturated carbocycles. The minimum Gasteiger partial charge on any atom is -0.301 e. The highest BCUT2D eigenvalue weighted by atomic mass is 15.3. The zero-order valence-corrected chi connectivity index (χ0v) is 12.5. The molecule has 108 valence electrons. The van der Waals surface area contributed by atoms with Crippen molar-refractivity contribution >= 4 is 0 Å². The van der Waals surface area contributed by atoms with Gasteiger partial charge in [0, 0.05) is 32.2 Å². The van der Waals surface area contributed by atoms with Crippen LogP contribution in [0.1, 0.15) is 39.5 Å². The molecule has 0 radical (unpaired) electrons. The van der Waals surface area contributed by atoms with E-state index < -0.39 is 0 Å². The normalized spacial score (nSPS) is 34.1. The smallest absolute Gasteiger partial charge is 0.108 e. The zero-order valence-electron chi connectivity index (χ0n) is 12.5. The third kappa shape index (κ3) is 3.47. The van der Waals surface area contributed by atoms with E-state index in [1.807, 2.05) is 0 Å². The Morgan fingerprint density at radius 1 is 1.26 bits per heavy atom. The molecule has 0 aromatic carbocycles. The highest BCUT2D eigenvalue weighted by Crippen LogP contribution is 2.31. The number of hydrogen-bond acceptors (Lipinski definition) is 4. The fraction of sp³-hybridized carbons (Fsp3) is 0.933. The largest absolute Gasteiger partial charge is 0.301 e. The Bertz CT molecular complexity index is 313. The SMILES string of the molecule is CCNC1(C#N)CCCC(N2CCN(CC)CC2)C1. The van der Waals surface area contributed by atoms with Crippen molar-refractivity contribution in [1.82, 2.24) is 15.1 Å². The lowest BCUT2D eigenvalue weighted by Gasteiger charge is -2.44. The molecule has 19 heavy (non-hydrogen) atoms. The maximum absolute atomic E-state index is 9.53. The van der Waals surface area contributed by atoms with E-state index in [1.165, 1.54) is 39.0 Å². The summed E-state index contributed by atoms with van der Waals surface area (Å²) in [7, 11) is 0. The average Bonchev–Trinajstić information content (AvgIpc) is 2.48. The molecule has 2 unspecified atom stereocenters. The second-order valence-corrected chi connectivity index (χ2v) is 5.94. The molecule has 2 aliphatic rings. The summed E-state index contributed by atoms with van der Waals surface area (Å²) >= 11 is 0. The van der Waals surface area contributed by atoms with Gasteiger partial charge in [0.1, 0.15) is 5.54 Å². The molecule has 2 atom stereocenters. The number of hydrogen-bond donors (Lipinski definition) is 1. The van der Waals surface area contributed by atoms with Crippen LogP contribution in [0.2, 0.25) is 0 Å². The summed E-state index contributed by atoms with van der Waals surface area (Å²) in [5.74, 6) is 0. The first-order valence-electron chi connectivity index (χ1n) is 7.85. The number of nitrogens with one attached hydrogen (secondary N) is 1. The number of rotatable bonds is 4. The minimum absolute atomic E-state index is 0.264. The highest BCUT2D eigenvalue weighted by Gasteiger charge is 2.38. The molecule has 1 aliphatic carbocycles. The van der Waals surface area contributed by atoms with Gasteiger partial charge < -0.3 is 4.90 Å². The number of likely N-dealkylation sites (N-methyl/N-ethyl adjacent to an activating group) is 1. The third-order valence-corrected chi connectivity index (χ3v) is 4.82. The predicted molar refractivity (Wildman–Crippen MR) is 78.0 cm³/mol. The van der Waals surface area contributed by atoms with Crippen molar-refractivity contribution in [3.63, 3.8) is 0 Å². The Morgan fingerprint density at radius 3 is 2.58 bits per heavy atom. The van der Waals surface area contributed by atoms with Crippen molar-refractivity contribution in [3.05, 3.63) is 0 Å². The zero-order chi connectivity index (χ0) is 13.7. The summed E-state index contributed by atoms with van der Waals surface area (Å²) in [6.45, 7) is 11.1. The molecule has 1 heterocycles. The second kappa shape index (κ2) is 6.69. The summed E-state index contributed by atoms with van der Waals surface area (Å²) in [4.78, 5) is 5.13. The Labute approximate surface area is 117 Å². The quantitative estimate of drug-likeness (QED) is 0.834. The van der Waals surface area contributed by atoms with Crippen molar-refractivity contribution in [2.75, 3.05) is 39.3 Å². The van der Waals surface area contributed by atoms with E-state index in [9.17, 15) is 5.26 Å². The fourth-order valence-electron chi connectivity index (χ4n) is 3.64. The molecule has 4 heteroatoms. The van der Waals surface area contributed by atoms with Crippen molar-refractivity contribution in [2.24, 2.45) is 0 Å². The van der Waals surface area contributed by atoms with Crippen molar-refractivity contribution in [2.45, 2.75) is 51.1 Å². The van der Waals surface area contributed by atoms with E-state index >= 15 is 0 Å². The van der Waals surface area contributed by atoms with Crippen LogP contribution in [0, 0.1) is 11.3 Å². The van der Waals surface area contributed by atoms with E-state index in [0.717, 1.165) is 25.9 Å². The van der Waals surface area contributed by atoms with Crippen molar-refractivity contribution < 1.29 is 0 Å². The summed E-state index contributed by atoms with van der Waals surface area (Å²) < 4.78 is 0. The monoisotopic (exact) mass is 264 g/mol. The standard InChI is InChI=1S/C15H28N4/c1-3-17-15(13-16)7-5-6-14(12-15)19-10-8-18(4-2)9-11-19/h14,17H,3-12H2,1-2H3. The molecular formula is C15H28N4. The molecule has 0 spiro atoms. The Kier molecular flexibility index (Phi) is 5.20. The lowest BCUT2D eigenvalue weighted by molar-refractivity contribution is 0.0651. The lowest BCUT2D eigenvalue weighted by Crippen LogP contribution is -2.56. The van der Waals surface area contributed by atoms with Crippen LogP contribution < -0.4 is 5.32 Å².